The summed E-state index contributed by atoms with van der Waals surface area (Å²) in [4.78, 5) is 27.1. The summed E-state index contributed by atoms with van der Waals surface area (Å²) in [5, 5.41) is 5.26. The van der Waals surface area contributed by atoms with Crippen molar-refractivity contribution in [2.45, 2.75) is 25.7 Å². The van der Waals surface area contributed by atoms with E-state index in [1.165, 1.54) is 5.56 Å². The van der Waals surface area contributed by atoms with E-state index in [2.05, 4.69) is 23.5 Å². The number of hydrogen-bond donors (Lipinski definition) is 1. The first kappa shape index (κ1) is 17.0. The van der Waals surface area contributed by atoms with Gasteiger partial charge in [0.25, 0.3) is 0 Å². The molecule has 0 spiro atoms. The number of carbonyl (C=O) groups excluding carboxylic acids is 2. The minimum Gasteiger partial charge on any atom is -0.326 e. The minimum atomic E-state index is -0.0469. The Morgan fingerprint density at radius 3 is 2.68 bits per heavy atom. The molecule has 0 bridgehead atoms. The number of hydrogen-bond acceptors (Lipinski definition) is 2. The first-order valence-electron chi connectivity index (χ1n) is 9.90. The lowest BCUT2D eigenvalue weighted by Gasteiger charge is -2.18. The second-order valence-electron chi connectivity index (χ2n) is 7.72. The quantitative estimate of drug-likeness (QED) is 0.744. The molecule has 0 aromatic heterocycles. The maximum Gasteiger partial charge on any atom is 0.230 e. The molecule has 3 aromatic carbocycles. The van der Waals surface area contributed by atoms with E-state index in [1.54, 1.807) is 0 Å². The third kappa shape index (κ3) is 3.15. The highest BCUT2D eigenvalue weighted by Crippen LogP contribution is 2.37. The van der Waals surface area contributed by atoms with E-state index in [1.807, 2.05) is 47.4 Å². The van der Waals surface area contributed by atoms with Crippen molar-refractivity contribution in [3.05, 3.63) is 71.8 Å². The molecule has 0 unspecified atom stereocenters. The molecule has 3 aromatic rings. The molecule has 1 saturated carbocycles. The number of nitrogens with zero attached hydrogens (tertiary/aromatic N) is 1. The molecule has 0 radical (unpaired) electrons. The van der Waals surface area contributed by atoms with Crippen LogP contribution in [0.3, 0.4) is 0 Å². The van der Waals surface area contributed by atoms with Crippen molar-refractivity contribution in [2.75, 3.05) is 16.8 Å². The van der Waals surface area contributed by atoms with Crippen LogP contribution in [0.15, 0.2) is 60.7 Å². The molecule has 1 heterocycles. The third-order valence-electron chi connectivity index (χ3n) is 5.69. The van der Waals surface area contributed by atoms with Crippen molar-refractivity contribution in [2.24, 2.45) is 5.92 Å². The molecular weight excluding hydrogens is 348 g/mol. The minimum absolute atomic E-state index is 0.0469. The Labute approximate surface area is 164 Å². The van der Waals surface area contributed by atoms with Crippen molar-refractivity contribution in [1.82, 2.24) is 0 Å². The van der Waals surface area contributed by atoms with Gasteiger partial charge in [-0.3, -0.25) is 9.59 Å². The Kier molecular flexibility index (Phi) is 4.12. The van der Waals surface area contributed by atoms with Gasteiger partial charge in [-0.2, -0.15) is 0 Å². The van der Waals surface area contributed by atoms with Gasteiger partial charge in [-0.25, -0.2) is 0 Å². The first-order valence-corrected chi connectivity index (χ1v) is 9.90. The van der Waals surface area contributed by atoms with Gasteiger partial charge in [0.05, 0.1) is 6.42 Å². The summed E-state index contributed by atoms with van der Waals surface area (Å²) in [6, 6.07) is 20.1. The van der Waals surface area contributed by atoms with Crippen LogP contribution < -0.4 is 10.2 Å². The summed E-state index contributed by atoms with van der Waals surface area (Å²) in [7, 11) is 0. The molecule has 4 heteroatoms. The predicted octanol–water partition coefficient (Wildman–Crippen LogP) is 4.32. The summed E-state index contributed by atoms with van der Waals surface area (Å²) in [6.45, 7) is 0.748. The van der Waals surface area contributed by atoms with Gasteiger partial charge < -0.3 is 10.2 Å². The molecule has 0 atom stereocenters. The Bertz CT molecular complexity index is 1080. The molecule has 0 saturated heterocycles. The lowest BCUT2D eigenvalue weighted by atomic mass is 10.0. The standard InChI is InChI=1S/C24H22N2O2/c27-23(14-19-6-3-5-16-4-1-2-7-21(16)19)25-20-11-10-17-12-13-26(22(17)15-20)24(28)18-8-9-18/h1-7,10-11,15,18H,8-9,12-14H2,(H,25,27). The average molecular weight is 370 g/mol. The molecule has 2 amide bonds. The van der Waals surface area contributed by atoms with Gasteiger partial charge in [-0.15, -0.1) is 0 Å². The van der Waals surface area contributed by atoms with E-state index in [-0.39, 0.29) is 17.7 Å². The Hall–Kier alpha value is -3.14. The molecule has 28 heavy (non-hydrogen) atoms. The van der Waals surface area contributed by atoms with E-state index in [9.17, 15) is 9.59 Å². The monoisotopic (exact) mass is 370 g/mol. The Morgan fingerprint density at radius 2 is 1.82 bits per heavy atom. The number of amides is 2. The predicted molar refractivity (Wildman–Crippen MR) is 112 cm³/mol. The normalized spacial score (nSPS) is 15.5. The highest BCUT2D eigenvalue weighted by atomic mass is 16.2. The smallest absolute Gasteiger partial charge is 0.230 e. The lowest BCUT2D eigenvalue weighted by Crippen LogP contribution is -2.30. The van der Waals surface area contributed by atoms with Gasteiger partial charge in [-0.1, -0.05) is 48.5 Å². The van der Waals surface area contributed by atoms with Crippen LogP contribution in [0.5, 0.6) is 0 Å². The molecule has 1 aliphatic carbocycles. The van der Waals surface area contributed by atoms with E-state index < -0.39 is 0 Å². The van der Waals surface area contributed by atoms with Gasteiger partial charge in [0.15, 0.2) is 0 Å². The zero-order chi connectivity index (χ0) is 19.1. The van der Waals surface area contributed by atoms with Crippen LogP contribution in [0.4, 0.5) is 11.4 Å². The fraction of sp³-hybridized carbons (Fsp3) is 0.250. The summed E-state index contributed by atoms with van der Waals surface area (Å²) < 4.78 is 0. The number of rotatable bonds is 4. The van der Waals surface area contributed by atoms with Gasteiger partial charge in [-0.05, 0) is 53.3 Å². The van der Waals surface area contributed by atoms with Crippen molar-refractivity contribution >= 4 is 34.0 Å². The van der Waals surface area contributed by atoms with Crippen molar-refractivity contribution in [3.63, 3.8) is 0 Å². The number of benzene rings is 3. The maximum atomic E-state index is 12.7. The first-order chi connectivity index (χ1) is 13.7. The van der Waals surface area contributed by atoms with Crippen LogP contribution in [0.2, 0.25) is 0 Å². The summed E-state index contributed by atoms with van der Waals surface area (Å²) in [5.41, 5.74) is 3.91. The zero-order valence-corrected chi connectivity index (χ0v) is 15.7. The van der Waals surface area contributed by atoms with Crippen molar-refractivity contribution in [1.29, 1.82) is 0 Å². The molecule has 5 rings (SSSR count). The van der Waals surface area contributed by atoms with Gasteiger partial charge in [0.2, 0.25) is 11.8 Å². The molecule has 2 aliphatic rings. The van der Waals surface area contributed by atoms with E-state index >= 15 is 0 Å². The maximum absolute atomic E-state index is 12.7. The van der Waals surface area contributed by atoms with Crippen LogP contribution in [0, 0.1) is 5.92 Å². The molecule has 1 aliphatic heterocycles. The number of carbonyl (C=O) groups is 2. The molecular formula is C24H22N2O2. The topological polar surface area (TPSA) is 49.4 Å². The molecule has 1 N–H and O–H groups in total. The van der Waals surface area contributed by atoms with Gasteiger partial charge >= 0.3 is 0 Å². The van der Waals surface area contributed by atoms with Crippen LogP contribution in [0.1, 0.15) is 24.0 Å². The third-order valence-corrected chi connectivity index (χ3v) is 5.69. The highest BCUT2D eigenvalue weighted by molar-refractivity contribution is 6.00. The van der Waals surface area contributed by atoms with Crippen molar-refractivity contribution < 1.29 is 9.59 Å². The number of nitrogens with one attached hydrogen (secondary N) is 1. The molecule has 140 valence electrons. The van der Waals surface area contributed by atoms with Crippen LogP contribution >= 0.6 is 0 Å². The Morgan fingerprint density at radius 1 is 1.00 bits per heavy atom. The van der Waals surface area contributed by atoms with Crippen LogP contribution in [0.25, 0.3) is 10.8 Å². The highest BCUT2D eigenvalue weighted by Gasteiger charge is 2.36. The second-order valence-corrected chi connectivity index (χ2v) is 7.72. The van der Waals surface area contributed by atoms with Gasteiger partial charge in [0, 0.05) is 23.8 Å². The van der Waals surface area contributed by atoms with E-state index in [0.29, 0.717) is 6.42 Å². The second kappa shape index (κ2) is 6.79. The summed E-state index contributed by atoms with van der Waals surface area (Å²) >= 11 is 0. The van der Waals surface area contributed by atoms with Crippen molar-refractivity contribution in [3.8, 4) is 0 Å². The SMILES string of the molecule is O=C(Cc1cccc2ccccc12)Nc1ccc2c(c1)N(C(=O)C1CC1)CC2. The fourth-order valence-corrected chi connectivity index (χ4v) is 4.06. The Balaban J connectivity index is 1.34. The summed E-state index contributed by atoms with van der Waals surface area (Å²) in [5.74, 6) is 0.392. The van der Waals surface area contributed by atoms with Gasteiger partial charge in [0.1, 0.15) is 0 Å². The lowest BCUT2D eigenvalue weighted by molar-refractivity contribution is -0.119. The van der Waals surface area contributed by atoms with E-state index in [0.717, 1.165) is 53.5 Å². The average Bonchev–Trinajstić information content (AvgIpc) is 3.47. The summed E-state index contributed by atoms with van der Waals surface area (Å²) in [6.07, 6.45) is 3.22. The van der Waals surface area contributed by atoms with Crippen LogP contribution in [-0.4, -0.2) is 18.4 Å². The van der Waals surface area contributed by atoms with E-state index in [4.69, 9.17) is 0 Å². The molecule has 1 fully saturated rings. The zero-order valence-electron chi connectivity index (χ0n) is 15.7. The fourth-order valence-electron chi connectivity index (χ4n) is 4.06. The largest absolute Gasteiger partial charge is 0.326 e. The molecule has 4 nitrogen and oxygen atoms in total. The number of anilines is 2. The van der Waals surface area contributed by atoms with Crippen LogP contribution in [-0.2, 0) is 22.4 Å². The number of fused-ring (bicyclic) bond motifs is 2.